The first kappa shape index (κ1) is 23.4. The van der Waals surface area contributed by atoms with Crippen LogP contribution in [-0.2, 0) is 11.2 Å². The quantitative estimate of drug-likeness (QED) is 0.344. The zero-order valence-corrected chi connectivity index (χ0v) is 19.1. The second-order valence-electron chi connectivity index (χ2n) is 8.36. The summed E-state index contributed by atoms with van der Waals surface area (Å²) in [4.78, 5) is 33.1. The Labute approximate surface area is 198 Å². The molecule has 34 heavy (non-hydrogen) atoms. The minimum atomic E-state index is -0.559. The molecule has 2 aromatic carbocycles. The fourth-order valence-electron chi connectivity index (χ4n) is 4.36. The van der Waals surface area contributed by atoms with Crippen molar-refractivity contribution in [2.45, 2.75) is 25.3 Å². The number of carbonyl (C=O) groups is 2. The number of pyridine rings is 1. The van der Waals surface area contributed by atoms with Crippen molar-refractivity contribution in [2.75, 3.05) is 13.7 Å². The van der Waals surface area contributed by atoms with Crippen LogP contribution in [0.2, 0.25) is 0 Å². The van der Waals surface area contributed by atoms with Crippen LogP contribution < -0.4 is 4.74 Å². The maximum atomic E-state index is 13.9. The Bertz CT molecular complexity index is 1160. The van der Waals surface area contributed by atoms with Gasteiger partial charge in [0.2, 0.25) is 5.91 Å². The molecular weight excluding hydrogens is 431 g/mol. The Morgan fingerprint density at radius 1 is 1.12 bits per heavy atom. The van der Waals surface area contributed by atoms with E-state index in [4.69, 9.17) is 4.74 Å². The molecule has 1 aliphatic rings. The SMILES string of the molecule is COc1cc(C(=O)C[C@@H](Cc2ccccc2)C(=O)N2CC=CCC2c2cccnc2)ccc1F. The van der Waals surface area contributed by atoms with Crippen LogP contribution in [0.5, 0.6) is 5.75 Å². The largest absolute Gasteiger partial charge is 0.494 e. The highest BCUT2D eigenvalue weighted by atomic mass is 19.1. The Morgan fingerprint density at radius 3 is 2.68 bits per heavy atom. The molecule has 0 saturated carbocycles. The molecular formula is C28H27FN2O3. The minimum absolute atomic E-state index is 0.00888. The van der Waals surface area contributed by atoms with Crippen LogP contribution in [0, 0.1) is 11.7 Å². The van der Waals surface area contributed by atoms with Crippen LogP contribution in [0.1, 0.15) is 40.4 Å². The van der Waals surface area contributed by atoms with Gasteiger partial charge in [0.1, 0.15) is 0 Å². The molecule has 0 spiro atoms. The fraction of sp³-hybridized carbons (Fsp3) is 0.250. The number of benzene rings is 2. The molecule has 0 radical (unpaired) electrons. The number of hydrogen-bond donors (Lipinski definition) is 0. The molecule has 174 valence electrons. The number of rotatable bonds is 8. The van der Waals surface area contributed by atoms with E-state index >= 15 is 0 Å². The topological polar surface area (TPSA) is 59.5 Å². The predicted octanol–water partition coefficient (Wildman–Crippen LogP) is 5.19. The third-order valence-electron chi connectivity index (χ3n) is 6.14. The molecule has 6 heteroatoms. The van der Waals surface area contributed by atoms with Crippen molar-refractivity contribution in [1.29, 1.82) is 0 Å². The molecule has 1 aliphatic heterocycles. The molecule has 3 aromatic rings. The lowest BCUT2D eigenvalue weighted by Crippen LogP contribution is -2.42. The van der Waals surface area contributed by atoms with E-state index < -0.39 is 11.7 Å². The summed E-state index contributed by atoms with van der Waals surface area (Å²) in [5.74, 6) is -1.39. The van der Waals surface area contributed by atoms with Gasteiger partial charge in [0.25, 0.3) is 0 Å². The van der Waals surface area contributed by atoms with Crippen LogP contribution >= 0.6 is 0 Å². The zero-order valence-electron chi connectivity index (χ0n) is 19.1. The van der Waals surface area contributed by atoms with Crippen LogP contribution in [0.25, 0.3) is 0 Å². The smallest absolute Gasteiger partial charge is 0.227 e. The third kappa shape index (κ3) is 5.39. The number of Topliss-reactive ketones (excluding diaryl/α,β-unsaturated/α-hetero) is 1. The fourth-order valence-corrected chi connectivity index (χ4v) is 4.36. The van der Waals surface area contributed by atoms with E-state index in [1.54, 1.807) is 12.4 Å². The number of nitrogens with zero attached hydrogens (tertiary/aromatic N) is 2. The highest BCUT2D eigenvalue weighted by molar-refractivity contribution is 5.99. The van der Waals surface area contributed by atoms with Crippen molar-refractivity contribution < 1.29 is 18.7 Å². The van der Waals surface area contributed by atoms with Crippen molar-refractivity contribution in [2.24, 2.45) is 5.92 Å². The van der Waals surface area contributed by atoms with Gasteiger partial charge in [0.05, 0.1) is 13.2 Å². The van der Waals surface area contributed by atoms with Gasteiger partial charge in [-0.2, -0.15) is 0 Å². The third-order valence-corrected chi connectivity index (χ3v) is 6.14. The maximum absolute atomic E-state index is 13.9. The number of hydrogen-bond acceptors (Lipinski definition) is 4. The second kappa shape index (κ2) is 10.9. The first-order valence-electron chi connectivity index (χ1n) is 11.3. The Hall–Kier alpha value is -3.80. The van der Waals surface area contributed by atoms with Gasteiger partial charge in [-0.1, -0.05) is 48.6 Å². The zero-order chi connectivity index (χ0) is 23.9. The number of ether oxygens (including phenoxy) is 1. The minimum Gasteiger partial charge on any atom is -0.494 e. The summed E-state index contributed by atoms with van der Waals surface area (Å²) in [5, 5.41) is 0. The van der Waals surface area contributed by atoms with Crippen LogP contribution in [0.4, 0.5) is 4.39 Å². The Morgan fingerprint density at radius 2 is 1.94 bits per heavy atom. The Kier molecular flexibility index (Phi) is 7.48. The van der Waals surface area contributed by atoms with Crippen molar-refractivity contribution in [3.63, 3.8) is 0 Å². The molecule has 4 rings (SSSR count). The monoisotopic (exact) mass is 458 g/mol. The summed E-state index contributed by atoms with van der Waals surface area (Å²) < 4.78 is 18.9. The molecule has 0 N–H and O–H groups in total. The standard InChI is InChI=1S/C28H27FN2O3/c1-34-27-18-21(12-13-24(27)29)26(32)17-23(16-20-8-3-2-4-9-20)28(33)31-15-6-5-11-25(31)22-10-7-14-30-19-22/h2-10,12-14,18-19,23,25H,11,15-17H2,1H3/t23-,25?/m1/s1. The lowest BCUT2D eigenvalue weighted by molar-refractivity contribution is -0.137. The highest BCUT2D eigenvalue weighted by Gasteiger charge is 2.32. The number of amides is 1. The molecule has 5 nitrogen and oxygen atoms in total. The summed E-state index contributed by atoms with van der Waals surface area (Å²) in [7, 11) is 1.36. The van der Waals surface area contributed by atoms with Crippen molar-refractivity contribution >= 4 is 11.7 Å². The number of carbonyl (C=O) groups excluding carboxylic acids is 2. The molecule has 0 aliphatic carbocycles. The maximum Gasteiger partial charge on any atom is 0.227 e. The summed E-state index contributed by atoms with van der Waals surface area (Å²) in [6.07, 6.45) is 8.69. The van der Waals surface area contributed by atoms with Gasteiger partial charge in [-0.3, -0.25) is 14.6 Å². The number of aromatic nitrogens is 1. The van der Waals surface area contributed by atoms with Crippen LogP contribution in [0.15, 0.2) is 85.2 Å². The van der Waals surface area contributed by atoms with Crippen LogP contribution in [-0.4, -0.2) is 35.2 Å². The first-order valence-corrected chi connectivity index (χ1v) is 11.3. The lowest BCUT2D eigenvalue weighted by atomic mass is 9.89. The van der Waals surface area contributed by atoms with Gasteiger partial charge < -0.3 is 9.64 Å². The molecule has 1 aromatic heterocycles. The molecule has 0 fully saturated rings. The van der Waals surface area contributed by atoms with E-state index in [9.17, 15) is 14.0 Å². The van der Waals surface area contributed by atoms with Gasteiger partial charge in [0.15, 0.2) is 17.3 Å². The summed E-state index contributed by atoms with van der Waals surface area (Å²) >= 11 is 0. The van der Waals surface area contributed by atoms with Crippen molar-refractivity contribution in [3.8, 4) is 5.75 Å². The van der Waals surface area contributed by atoms with E-state index in [2.05, 4.69) is 11.1 Å². The average Bonchev–Trinajstić information content (AvgIpc) is 2.89. The normalized spacial score (nSPS) is 16.2. The van der Waals surface area contributed by atoms with E-state index in [0.717, 1.165) is 11.1 Å². The second-order valence-corrected chi connectivity index (χ2v) is 8.36. The van der Waals surface area contributed by atoms with E-state index in [-0.39, 0.29) is 29.9 Å². The van der Waals surface area contributed by atoms with E-state index in [1.165, 1.54) is 25.3 Å². The van der Waals surface area contributed by atoms with Gasteiger partial charge in [-0.15, -0.1) is 0 Å². The highest BCUT2D eigenvalue weighted by Crippen LogP contribution is 2.31. The Balaban J connectivity index is 1.62. The molecule has 2 heterocycles. The van der Waals surface area contributed by atoms with E-state index in [0.29, 0.717) is 24.9 Å². The van der Waals surface area contributed by atoms with Crippen molar-refractivity contribution in [1.82, 2.24) is 9.88 Å². The van der Waals surface area contributed by atoms with Crippen molar-refractivity contribution in [3.05, 3.63) is 108 Å². The molecule has 1 unspecified atom stereocenters. The first-order chi connectivity index (χ1) is 16.6. The molecule has 0 bridgehead atoms. The molecule has 1 amide bonds. The summed E-state index contributed by atoms with van der Waals surface area (Å²) in [6.45, 7) is 0.474. The van der Waals surface area contributed by atoms with Gasteiger partial charge in [-0.25, -0.2) is 4.39 Å². The average molecular weight is 459 g/mol. The van der Waals surface area contributed by atoms with Gasteiger partial charge >= 0.3 is 0 Å². The molecule has 2 atom stereocenters. The van der Waals surface area contributed by atoms with Crippen LogP contribution in [0.3, 0.4) is 0 Å². The summed E-state index contributed by atoms with van der Waals surface area (Å²) in [6, 6.07) is 17.4. The number of methoxy groups -OCH3 is 1. The summed E-state index contributed by atoms with van der Waals surface area (Å²) in [5.41, 5.74) is 2.27. The van der Waals surface area contributed by atoms with E-state index in [1.807, 2.05) is 53.4 Å². The molecule has 0 saturated heterocycles. The number of ketones is 1. The lowest BCUT2D eigenvalue weighted by Gasteiger charge is -2.35. The number of halogens is 1. The van der Waals surface area contributed by atoms with Gasteiger partial charge in [-0.05, 0) is 48.2 Å². The van der Waals surface area contributed by atoms with Gasteiger partial charge in [0, 0.05) is 36.8 Å². The predicted molar refractivity (Wildman–Crippen MR) is 128 cm³/mol.